The van der Waals surface area contributed by atoms with Crippen molar-refractivity contribution in [1.82, 2.24) is 19.9 Å². The van der Waals surface area contributed by atoms with Crippen LogP contribution in [0.3, 0.4) is 0 Å². The molecule has 2 aromatic carbocycles. The quantitative estimate of drug-likeness (QED) is 0.437. The van der Waals surface area contributed by atoms with E-state index in [1.54, 1.807) is 0 Å². The Hall–Kier alpha value is -3.21. The molecule has 0 unspecified atom stereocenters. The molecule has 5 nitrogen and oxygen atoms in total. The third kappa shape index (κ3) is 2.35. The summed E-state index contributed by atoms with van der Waals surface area (Å²) in [6, 6.07) is 11.7. The van der Waals surface area contributed by atoms with Crippen LogP contribution in [-0.4, -0.2) is 25.7 Å². The van der Waals surface area contributed by atoms with Gasteiger partial charge in [0.05, 0.1) is 22.1 Å². The van der Waals surface area contributed by atoms with E-state index in [-0.39, 0.29) is 5.78 Å². The average molecular weight is 368 g/mol. The van der Waals surface area contributed by atoms with E-state index in [1.807, 2.05) is 24.3 Å². The Morgan fingerprint density at radius 1 is 0.607 bits per heavy atom. The molecule has 1 aliphatic carbocycles. The highest BCUT2D eigenvalue weighted by Crippen LogP contribution is 2.36. The first kappa shape index (κ1) is 16.9. The Labute approximate surface area is 162 Å². The van der Waals surface area contributed by atoms with Crippen LogP contribution in [-0.2, 0) is 0 Å². The number of benzene rings is 2. The molecule has 0 amide bonds. The van der Waals surface area contributed by atoms with Gasteiger partial charge in [-0.05, 0) is 47.2 Å². The van der Waals surface area contributed by atoms with Crippen LogP contribution in [0.5, 0.6) is 0 Å². The van der Waals surface area contributed by atoms with E-state index in [9.17, 15) is 4.79 Å². The van der Waals surface area contributed by atoms with Gasteiger partial charge < -0.3 is 0 Å². The summed E-state index contributed by atoms with van der Waals surface area (Å²) in [5.74, 6) is 0.560. The third-order valence-corrected chi connectivity index (χ3v) is 5.34. The van der Waals surface area contributed by atoms with Crippen molar-refractivity contribution >= 4 is 27.9 Å². The molecular weight excluding hydrogens is 348 g/mol. The molecule has 5 heteroatoms. The van der Waals surface area contributed by atoms with Gasteiger partial charge >= 0.3 is 0 Å². The topological polar surface area (TPSA) is 68.6 Å². The molecule has 0 aliphatic heterocycles. The van der Waals surface area contributed by atoms with Gasteiger partial charge in [0.25, 0.3) is 0 Å². The third-order valence-electron chi connectivity index (χ3n) is 5.34. The number of ketones is 1. The number of carbonyl (C=O) groups excluding carboxylic acids is 1. The molecule has 0 fully saturated rings. The van der Waals surface area contributed by atoms with Crippen molar-refractivity contribution in [1.29, 1.82) is 0 Å². The van der Waals surface area contributed by atoms with Crippen LogP contribution in [0.15, 0.2) is 36.4 Å². The number of aromatic nitrogens is 4. The molecule has 0 atom stereocenters. The number of nitrogens with zero attached hydrogens (tertiary/aromatic N) is 4. The van der Waals surface area contributed by atoms with Crippen molar-refractivity contribution in [3.05, 3.63) is 58.9 Å². The Kier molecular flexibility index (Phi) is 3.56. The zero-order chi connectivity index (χ0) is 19.6. The predicted octanol–water partition coefficient (Wildman–Crippen LogP) is 5.03. The number of rotatable bonds is 2. The Balaban J connectivity index is 1.80. The monoisotopic (exact) mass is 368 g/mol. The summed E-state index contributed by atoms with van der Waals surface area (Å²) in [6.07, 6.45) is 0. The fourth-order valence-electron chi connectivity index (χ4n) is 3.89. The molecule has 0 saturated carbocycles. The van der Waals surface area contributed by atoms with Crippen molar-refractivity contribution in [3.63, 3.8) is 0 Å². The molecule has 0 bridgehead atoms. The van der Waals surface area contributed by atoms with Crippen molar-refractivity contribution in [2.45, 2.75) is 39.5 Å². The van der Waals surface area contributed by atoms with Gasteiger partial charge in [0.15, 0.2) is 0 Å². The van der Waals surface area contributed by atoms with Gasteiger partial charge in [-0.2, -0.15) is 0 Å². The summed E-state index contributed by atoms with van der Waals surface area (Å²) >= 11 is 0. The van der Waals surface area contributed by atoms with E-state index in [1.165, 1.54) is 11.1 Å². The summed E-state index contributed by atoms with van der Waals surface area (Å²) in [6.45, 7) is 8.72. The van der Waals surface area contributed by atoms with E-state index < -0.39 is 0 Å². The zero-order valence-corrected chi connectivity index (χ0v) is 16.3. The second-order valence-corrected chi connectivity index (χ2v) is 7.94. The standard InChI is InChI=1S/C23H20N4O/c1-11(2)13-9-17-18(10-14(13)12(3)4)27-22-20(26-17)19-21(23(22)28)25-16-8-6-5-7-15(16)24-19/h5-12H,1-4H3. The van der Waals surface area contributed by atoms with Crippen LogP contribution in [0.2, 0.25) is 0 Å². The van der Waals surface area contributed by atoms with Crippen molar-refractivity contribution in [2.75, 3.05) is 0 Å². The van der Waals surface area contributed by atoms with Gasteiger partial charge in [0.1, 0.15) is 22.8 Å². The summed E-state index contributed by atoms with van der Waals surface area (Å²) in [5, 5.41) is 0. The SMILES string of the molecule is CC(C)c1cc2nc3c(nc2cc1C(C)C)-c1nc2ccccc2nc1C3=O. The maximum absolute atomic E-state index is 13.0. The molecule has 0 saturated heterocycles. The van der Waals surface area contributed by atoms with E-state index in [4.69, 9.17) is 9.97 Å². The predicted molar refractivity (Wildman–Crippen MR) is 110 cm³/mol. The van der Waals surface area contributed by atoms with Gasteiger partial charge in [-0.1, -0.05) is 39.8 Å². The first-order valence-corrected chi connectivity index (χ1v) is 9.61. The largest absolute Gasteiger partial charge is 0.285 e. The van der Waals surface area contributed by atoms with Crippen LogP contribution in [0, 0.1) is 0 Å². The maximum atomic E-state index is 13.0. The summed E-state index contributed by atoms with van der Waals surface area (Å²) in [4.78, 5) is 31.7. The van der Waals surface area contributed by atoms with E-state index >= 15 is 0 Å². The van der Waals surface area contributed by atoms with Crippen molar-refractivity contribution in [2.24, 2.45) is 0 Å². The minimum atomic E-state index is -0.198. The Morgan fingerprint density at radius 3 is 1.46 bits per heavy atom. The first-order valence-electron chi connectivity index (χ1n) is 9.61. The highest BCUT2D eigenvalue weighted by Gasteiger charge is 2.33. The normalized spacial score (nSPS) is 13.0. The van der Waals surface area contributed by atoms with Crippen LogP contribution < -0.4 is 0 Å². The molecule has 138 valence electrons. The molecule has 0 radical (unpaired) electrons. The highest BCUT2D eigenvalue weighted by molar-refractivity contribution is 6.19. The maximum Gasteiger partial charge on any atom is 0.234 e. The minimum absolute atomic E-state index is 0.198. The molecule has 28 heavy (non-hydrogen) atoms. The second kappa shape index (κ2) is 5.89. The molecule has 2 aromatic heterocycles. The number of fused-ring (bicyclic) bond motifs is 5. The molecule has 0 spiro atoms. The van der Waals surface area contributed by atoms with Gasteiger partial charge in [-0.3, -0.25) is 4.79 Å². The summed E-state index contributed by atoms with van der Waals surface area (Å²) < 4.78 is 0. The fraction of sp³-hybridized carbons (Fsp3) is 0.261. The van der Waals surface area contributed by atoms with Crippen LogP contribution in [0.25, 0.3) is 33.5 Å². The molecule has 5 rings (SSSR count). The summed E-state index contributed by atoms with van der Waals surface area (Å²) in [7, 11) is 0. The fourth-order valence-corrected chi connectivity index (χ4v) is 3.89. The van der Waals surface area contributed by atoms with Crippen LogP contribution >= 0.6 is 0 Å². The van der Waals surface area contributed by atoms with Crippen LogP contribution in [0.1, 0.15) is 66.8 Å². The van der Waals surface area contributed by atoms with Gasteiger partial charge in [0.2, 0.25) is 5.78 Å². The number of hydrogen-bond donors (Lipinski definition) is 0. The molecule has 0 N–H and O–H groups in total. The first-order chi connectivity index (χ1) is 13.4. The lowest BCUT2D eigenvalue weighted by molar-refractivity contribution is 0.103. The average Bonchev–Trinajstić information content (AvgIpc) is 2.94. The smallest absolute Gasteiger partial charge is 0.234 e. The van der Waals surface area contributed by atoms with Crippen molar-refractivity contribution < 1.29 is 4.79 Å². The van der Waals surface area contributed by atoms with Gasteiger partial charge in [-0.15, -0.1) is 0 Å². The number of hydrogen-bond acceptors (Lipinski definition) is 5. The highest BCUT2D eigenvalue weighted by atomic mass is 16.1. The lowest BCUT2D eigenvalue weighted by Gasteiger charge is -2.17. The summed E-state index contributed by atoms with van der Waals surface area (Å²) in [5.41, 5.74) is 7.29. The molecule has 4 aromatic rings. The van der Waals surface area contributed by atoms with E-state index in [0.29, 0.717) is 40.1 Å². The lowest BCUT2D eigenvalue weighted by Crippen LogP contribution is -2.04. The van der Waals surface area contributed by atoms with Crippen LogP contribution in [0.4, 0.5) is 0 Å². The molecule has 2 heterocycles. The van der Waals surface area contributed by atoms with E-state index in [0.717, 1.165) is 16.6 Å². The number of carbonyl (C=O) groups is 1. The molecule has 1 aliphatic rings. The Bertz CT molecular complexity index is 1290. The number of para-hydroxylation sites is 2. The second-order valence-electron chi connectivity index (χ2n) is 7.94. The van der Waals surface area contributed by atoms with E-state index in [2.05, 4.69) is 49.8 Å². The molecular formula is C23H20N4O. The lowest BCUT2D eigenvalue weighted by atomic mass is 9.90. The van der Waals surface area contributed by atoms with Gasteiger partial charge in [0, 0.05) is 0 Å². The van der Waals surface area contributed by atoms with Gasteiger partial charge in [-0.25, -0.2) is 19.9 Å². The zero-order valence-electron chi connectivity index (χ0n) is 16.3. The minimum Gasteiger partial charge on any atom is -0.285 e. The Morgan fingerprint density at radius 2 is 1.00 bits per heavy atom. The van der Waals surface area contributed by atoms with Crippen molar-refractivity contribution in [3.8, 4) is 11.4 Å².